The molecular weight excluding hydrogens is 412 g/mol. The maximum absolute atomic E-state index is 4.50. The summed E-state index contributed by atoms with van der Waals surface area (Å²) >= 11 is 1.30. The Kier molecular flexibility index (Phi) is 5.16. The number of nitrogens with zero attached hydrogens (tertiary/aromatic N) is 6. The number of likely N-dealkylation sites (N-methyl/N-ethyl adjacent to an activating group) is 1. The van der Waals surface area contributed by atoms with E-state index in [-0.39, 0.29) is 0 Å². The van der Waals surface area contributed by atoms with E-state index in [4.69, 9.17) is 0 Å². The van der Waals surface area contributed by atoms with E-state index < -0.39 is 0 Å². The molecule has 1 saturated heterocycles. The van der Waals surface area contributed by atoms with Crippen molar-refractivity contribution in [3.8, 4) is 0 Å². The van der Waals surface area contributed by atoms with E-state index >= 15 is 0 Å². The minimum absolute atomic E-state index is 0.669. The molecule has 7 heteroatoms. The zero-order valence-corrected chi connectivity index (χ0v) is 14.1. The molecule has 1 aliphatic heterocycles. The van der Waals surface area contributed by atoms with Crippen LogP contribution < -0.4 is 4.90 Å². The van der Waals surface area contributed by atoms with Crippen molar-refractivity contribution in [3.05, 3.63) is 17.1 Å². The van der Waals surface area contributed by atoms with Gasteiger partial charge < -0.3 is 0 Å². The zero-order chi connectivity index (χ0) is 13.7. The van der Waals surface area contributed by atoms with Crippen LogP contribution in [0.5, 0.6) is 0 Å². The molecule has 0 bridgehead atoms. The van der Waals surface area contributed by atoms with Crippen molar-refractivity contribution >= 4 is 22.6 Å². The monoisotopic (exact) mass is 429 g/mol. The molecule has 6 nitrogen and oxygen atoms in total. The van der Waals surface area contributed by atoms with Crippen LogP contribution in [0.25, 0.3) is 5.32 Å². The summed E-state index contributed by atoms with van der Waals surface area (Å²) < 4.78 is 1.78. The van der Waals surface area contributed by atoms with Gasteiger partial charge in [-0.3, -0.25) is 0 Å². The predicted molar refractivity (Wildman–Crippen MR) is 74.1 cm³/mol. The van der Waals surface area contributed by atoms with Crippen LogP contribution in [0.1, 0.15) is 5.69 Å². The molecule has 0 N–H and O–H groups in total. The molecule has 1 fully saturated rings. The van der Waals surface area contributed by atoms with Crippen molar-refractivity contribution in [3.63, 3.8) is 0 Å². The Labute approximate surface area is 124 Å². The van der Waals surface area contributed by atoms with Gasteiger partial charge in [-0.15, -0.1) is 0 Å². The van der Waals surface area contributed by atoms with Gasteiger partial charge in [-0.1, -0.05) is 0 Å². The van der Waals surface area contributed by atoms with Gasteiger partial charge in [0, 0.05) is 0 Å². The van der Waals surface area contributed by atoms with Crippen molar-refractivity contribution < 1.29 is 19.4 Å². The molecule has 0 aromatic carbocycles. The van der Waals surface area contributed by atoms with Crippen LogP contribution in [-0.4, -0.2) is 59.0 Å². The fourth-order valence-corrected chi connectivity index (χ4v) is 2.07. The summed E-state index contributed by atoms with van der Waals surface area (Å²) in [6, 6.07) is 1.87. The third-order valence-electron chi connectivity index (χ3n) is 2.93. The third kappa shape index (κ3) is 4.18. The van der Waals surface area contributed by atoms with Crippen molar-refractivity contribution in [2.75, 3.05) is 38.1 Å². The summed E-state index contributed by atoms with van der Waals surface area (Å²) in [5.41, 5.74) is 0.933. The van der Waals surface area contributed by atoms with Crippen molar-refractivity contribution in [1.82, 2.24) is 14.9 Å². The Morgan fingerprint density at radius 1 is 1.32 bits per heavy atom. The number of aryl methyl sites for hydroxylation is 1. The average molecular weight is 429 g/mol. The van der Waals surface area contributed by atoms with Crippen LogP contribution >= 0.6 is 0 Å². The van der Waals surface area contributed by atoms with E-state index in [0.717, 1.165) is 37.8 Å². The molecule has 0 unspecified atom stereocenters. The maximum atomic E-state index is 4.50. The van der Waals surface area contributed by atoms with Gasteiger partial charge in [-0.25, -0.2) is 0 Å². The van der Waals surface area contributed by atoms with E-state index in [1.54, 1.807) is 4.52 Å². The van der Waals surface area contributed by atoms with Gasteiger partial charge in [0.25, 0.3) is 0 Å². The molecule has 1 aromatic rings. The van der Waals surface area contributed by atoms with Crippen molar-refractivity contribution in [1.29, 1.82) is 0 Å². The Morgan fingerprint density at radius 3 is 2.74 bits per heavy atom. The second-order valence-electron chi connectivity index (χ2n) is 4.46. The van der Waals surface area contributed by atoms with Crippen LogP contribution in [0.2, 0.25) is 0 Å². The topological polar surface area (TPSA) is 58.7 Å². The van der Waals surface area contributed by atoms with Crippen LogP contribution in [0.15, 0.2) is 11.1 Å². The molecule has 2 heterocycles. The molecule has 0 radical (unpaired) electrons. The number of anilines is 1. The van der Waals surface area contributed by atoms with Crippen LogP contribution in [-0.2, 0) is 19.4 Å². The molecule has 0 saturated carbocycles. The zero-order valence-electron chi connectivity index (χ0n) is 11.2. The molecule has 102 valence electrons. The molecule has 0 spiro atoms. The van der Waals surface area contributed by atoms with Gasteiger partial charge in [-0.05, 0) is 0 Å². The average Bonchev–Trinajstić information content (AvgIpc) is 2.39. The second kappa shape index (κ2) is 6.87. The number of aliphatic imine (C=N–C) groups is 1. The molecule has 19 heavy (non-hydrogen) atoms. The van der Waals surface area contributed by atoms with E-state index in [0.29, 0.717) is 5.82 Å². The molecule has 0 aliphatic carbocycles. The van der Waals surface area contributed by atoms with Gasteiger partial charge in [0.2, 0.25) is 0 Å². The molecular formula is C12H17N6W-. The Hall–Kier alpha value is -1.13. The van der Waals surface area contributed by atoms with Gasteiger partial charge in [-0.2, -0.15) is 0 Å². The molecule has 0 amide bonds. The molecule has 2 rings (SSSR count). The summed E-state index contributed by atoms with van der Waals surface area (Å²) in [5.74, 6) is 1.44. The Bertz CT molecular complexity index is 467. The van der Waals surface area contributed by atoms with Crippen molar-refractivity contribution in [2.24, 2.45) is 4.99 Å². The van der Waals surface area contributed by atoms with E-state index in [1.165, 1.54) is 25.7 Å². The number of aromatic nitrogens is 2. The Morgan fingerprint density at radius 2 is 2.05 bits per heavy atom. The van der Waals surface area contributed by atoms with Gasteiger partial charge in [0.15, 0.2) is 0 Å². The first-order chi connectivity index (χ1) is 9.19. The first-order valence-corrected chi connectivity index (χ1v) is 7.84. The van der Waals surface area contributed by atoms with E-state index in [1.807, 2.05) is 13.0 Å². The molecule has 1 aliphatic rings. The Balaban J connectivity index is 2.11. The first-order valence-electron chi connectivity index (χ1n) is 6.14. The van der Waals surface area contributed by atoms with Crippen LogP contribution in [0.4, 0.5) is 11.8 Å². The summed E-state index contributed by atoms with van der Waals surface area (Å²) in [4.78, 5) is 17.5. The summed E-state index contributed by atoms with van der Waals surface area (Å²) in [6.07, 6.45) is 1.53. The number of rotatable bonds is 4. The summed E-state index contributed by atoms with van der Waals surface area (Å²) in [6.45, 7) is 5.96. The van der Waals surface area contributed by atoms with Gasteiger partial charge in [0.05, 0.1) is 0 Å². The first kappa shape index (κ1) is 14.3. The van der Waals surface area contributed by atoms with Crippen molar-refractivity contribution in [2.45, 2.75) is 6.92 Å². The summed E-state index contributed by atoms with van der Waals surface area (Å²) in [5, 5.41) is 4.23. The predicted octanol–water partition coefficient (Wildman–Crippen LogP) is 0.877. The summed E-state index contributed by atoms with van der Waals surface area (Å²) in [7, 11) is 2.13. The van der Waals surface area contributed by atoms with Gasteiger partial charge in [0.1, 0.15) is 0 Å². The standard InChI is InChI=1S/C12H17N6.W/c1-10-8-11(14-9-13-2)16-12(15-10)18-6-4-17(3)5-7-18;/h2,8-9H,4-7H2,1,3H3;/q-1;. The fourth-order valence-electron chi connectivity index (χ4n) is 1.87. The van der Waals surface area contributed by atoms with Gasteiger partial charge >= 0.3 is 124 Å². The van der Waals surface area contributed by atoms with E-state index in [2.05, 4.69) is 37.1 Å². The number of hydrogen-bond acceptors (Lipinski definition) is 5. The SMILES string of the molecule is Cc1cc([N-]C=N[CH]=[W])nc(N2CCN(C)CC2)n1. The molecule has 1 aromatic heterocycles. The molecule has 0 atom stereocenters. The normalized spacial score (nSPS) is 16.8. The fraction of sp³-hybridized carbons (Fsp3) is 0.500. The minimum atomic E-state index is 0.669. The second-order valence-corrected chi connectivity index (χ2v) is 5.21. The third-order valence-corrected chi connectivity index (χ3v) is 3.37. The van der Waals surface area contributed by atoms with Crippen LogP contribution in [0.3, 0.4) is 0 Å². The number of piperazine rings is 1. The van der Waals surface area contributed by atoms with Crippen LogP contribution in [0, 0.1) is 6.92 Å². The quantitative estimate of drug-likeness (QED) is 0.527. The van der Waals surface area contributed by atoms with E-state index in [9.17, 15) is 0 Å². The number of hydrogen-bond donors (Lipinski definition) is 0.